The Morgan fingerprint density at radius 2 is 0.459 bits per heavy atom. The van der Waals surface area contributed by atoms with Gasteiger partial charge in [-0.2, -0.15) is 0 Å². The first-order chi connectivity index (χ1) is 60.5. The molecule has 2 aliphatic rings. The molecule has 2 aromatic heterocycles. The average molecular weight is 1550 g/mol. The van der Waals surface area contributed by atoms with Gasteiger partial charge in [0.15, 0.2) is 11.6 Å². The van der Waals surface area contributed by atoms with E-state index in [-0.39, 0.29) is 0 Å². The van der Waals surface area contributed by atoms with Crippen molar-refractivity contribution in [1.29, 1.82) is 0 Å². The summed E-state index contributed by atoms with van der Waals surface area (Å²) in [5.41, 5.74) is 28.4. The summed E-state index contributed by atoms with van der Waals surface area (Å²) >= 11 is 0. The first-order valence-electron chi connectivity index (χ1n) is 42.0. The molecule has 0 saturated heterocycles. The van der Waals surface area contributed by atoms with Gasteiger partial charge in [0, 0.05) is 33.4 Å². The van der Waals surface area contributed by atoms with Crippen LogP contribution in [0.25, 0.3) is 177 Å². The van der Waals surface area contributed by atoms with Crippen LogP contribution >= 0.6 is 0 Å². The van der Waals surface area contributed by atoms with Gasteiger partial charge in [0.05, 0.1) is 33.6 Å². The number of nitrogens with zero attached hydrogens (tertiary/aromatic N) is 4. The van der Waals surface area contributed by atoms with Crippen molar-refractivity contribution < 1.29 is 0 Å². The average Bonchev–Trinajstić information content (AvgIpc) is 1.49. The van der Waals surface area contributed by atoms with E-state index in [9.17, 15) is 0 Å². The fourth-order valence-electron chi connectivity index (χ4n) is 20.3. The van der Waals surface area contributed by atoms with Gasteiger partial charge < -0.3 is 0 Å². The monoisotopic (exact) mass is 1550 g/mol. The Bertz CT molecular complexity index is 7620. The molecule has 2 heterocycles. The minimum atomic E-state index is -0.683. The summed E-state index contributed by atoms with van der Waals surface area (Å²) in [6.07, 6.45) is 0. The zero-order chi connectivity index (χ0) is 80.7. The van der Waals surface area contributed by atoms with Crippen LogP contribution in [-0.2, 0) is 10.8 Å². The summed E-state index contributed by atoms with van der Waals surface area (Å²) in [7, 11) is 0. The molecule has 0 bridgehead atoms. The van der Waals surface area contributed by atoms with Crippen molar-refractivity contribution in [3.8, 4) is 112 Å². The summed E-state index contributed by atoms with van der Waals surface area (Å²) in [5.74, 6) is 1.41. The molecule has 0 amide bonds. The molecular weight excluding hydrogens is 1470 g/mol. The van der Waals surface area contributed by atoms with Crippen LogP contribution in [-0.4, -0.2) is 19.9 Å². The maximum atomic E-state index is 5.33. The zero-order valence-electron chi connectivity index (χ0n) is 66.7. The van der Waals surface area contributed by atoms with E-state index < -0.39 is 10.8 Å². The Morgan fingerprint density at radius 1 is 0.156 bits per heavy atom. The van der Waals surface area contributed by atoms with Crippen LogP contribution in [0.1, 0.15) is 44.5 Å². The number of aromatic nitrogens is 4. The summed E-state index contributed by atoms with van der Waals surface area (Å²) < 4.78 is 0. The topological polar surface area (TPSA) is 51.6 Å². The fraction of sp³-hybridized carbons (Fsp3) is 0.0169. The molecule has 0 radical (unpaired) electrons. The fourth-order valence-corrected chi connectivity index (χ4v) is 20.3. The third kappa shape index (κ3) is 11.6. The van der Waals surface area contributed by atoms with Crippen LogP contribution in [0.4, 0.5) is 0 Å². The third-order valence-electron chi connectivity index (χ3n) is 25.5. The standard InChI is InChI=1S/2C59H38N2/c1-4-20-40(21-5-1)54-38-55(61-58(60-54)41-22-6-2-7-23-41)42-35-36-46-45-28-16-17-34-52(45)59(53(46)37-42,43-25-8-3-9-26-43)57-50-31-14-12-29-48(50)56(49-30-13-15-32-51(49)57)47-33-18-24-39-19-10-11-27-44(39)47;1-4-19-40(20-5-1)54-38-55(61-58(60-54)41-21-6-2-7-22-41)43-34-35-47-46-26-16-17-31-52(46)59(53(47)37-43,45-24-8-3-9-25-45)57-50-29-14-12-27-48(50)56(49-28-13-15-30-51(49)57)44-33-32-39-18-10-11-23-42(39)36-44/h2*1-38H. The molecule has 0 fully saturated rings. The number of hydrogen-bond donors (Lipinski definition) is 0. The predicted octanol–water partition coefficient (Wildman–Crippen LogP) is 29.9. The molecule has 20 aromatic carbocycles. The van der Waals surface area contributed by atoms with Crippen molar-refractivity contribution >= 4 is 64.6 Å². The van der Waals surface area contributed by atoms with Crippen LogP contribution < -0.4 is 0 Å². The lowest BCUT2D eigenvalue weighted by molar-refractivity contribution is 0.784. The summed E-state index contributed by atoms with van der Waals surface area (Å²) in [6, 6.07) is 168. The molecule has 2 atom stereocenters. The molecule has 4 nitrogen and oxygen atoms in total. The van der Waals surface area contributed by atoms with Gasteiger partial charge in [-0.15, -0.1) is 0 Å². The smallest absolute Gasteiger partial charge is 0.160 e. The Hall–Kier alpha value is -15.9. The molecule has 24 rings (SSSR count). The normalized spacial score (nSPS) is 14.3. The molecule has 4 heteroatoms. The van der Waals surface area contributed by atoms with Crippen molar-refractivity contribution in [2.24, 2.45) is 0 Å². The summed E-state index contributed by atoms with van der Waals surface area (Å²) in [6.45, 7) is 0. The molecular formula is C118H76N4. The number of benzene rings is 20. The predicted molar refractivity (Wildman–Crippen MR) is 507 cm³/mol. The number of hydrogen-bond acceptors (Lipinski definition) is 4. The van der Waals surface area contributed by atoms with Crippen molar-refractivity contribution in [1.82, 2.24) is 19.9 Å². The second-order valence-corrected chi connectivity index (χ2v) is 32.0. The lowest BCUT2D eigenvalue weighted by atomic mass is 9.64. The molecule has 0 aliphatic heterocycles. The van der Waals surface area contributed by atoms with Crippen molar-refractivity contribution in [3.63, 3.8) is 0 Å². The highest BCUT2D eigenvalue weighted by molar-refractivity contribution is 6.21. The zero-order valence-corrected chi connectivity index (χ0v) is 66.7. The minimum Gasteiger partial charge on any atom is -0.228 e. The first kappa shape index (κ1) is 71.4. The van der Waals surface area contributed by atoms with Crippen molar-refractivity contribution in [2.75, 3.05) is 0 Å². The second kappa shape index (κ2) is 29.6. The van der Waals surface area contributed by atoms with Gasteiger partial charge in [-0.1, -0.05) is 431 Å². The van der Waals surface area contributed by atoms with E-state index in [1.54, 1.807) is 0 Å². The largest absolute Gasteiger partial charge is 0.228 e. The second-order valence-electron chi connectivity index (χ2n) is 32.0. The van der Waals surface area contributed by atoms with Crippen LogP contribution in [0.15, 0.2) is 461 Å². The van der Waals surface area contributed by atoms with E-state index in [2.05, 4.69) is 425 Å². The van der Waals surface area contributed by atoms with Gasteiger partial charge in [0.1, 0.15) is 0 Å². The van der Waals surface area contributed by atoms with E-state index in [0.29, 0.717) is 11.6 Å². The summed E-state index contributed by atoms with van der Waals surface area (Å²) in [5, 5.41) is 14.9. The van der Waals surface area contributed by atoms with Crippen LogP contribution in [0.3, 0.4) is 0 Å². The Kier molecular flexibility index (Phi) is 17.3. The van der Waals surface area contributed by atoms with Gasteiger partial charge in [0.2, 0.25) is 0 Å². The first-order valence-corrected chi connectivity index (χ1v) is 42.0. The van der Waals surface area contributed by atoms with E-state index in [1.165, 1.54) is 154 Å². The highest BCUT2D eigenvalue weighted by Gasteiger charge is 2.50. The molecule has 568 valence electrons. The van der Waals surface area contributed by atoms with Crippen molar-refractivity contribution in [2.45, 2.75) is 10.8 Å². The quantitative estimate of drug-likeness (QED) is 0.114. The van der Waals surface area contributed by atoms with Gasteiger partial charge >= 0.3 is 0 Å². The lowest BCUT2D eigenvalue weighted by Crippen LogP contribution is -2.29. The third-order valence-corrected chi connectivity index (χ3v) is 25.5. The lowest BCUT2D eigenvalue weighted by Gasteiger charge is -2.36. The van der Waals surface area contributed by atoms with Crippen LogP contribution in [0, 0.1) is 0 Å². The van der Waals surface area contributed by atoms with Crippen LogP contribution in [0.5, 0.6) is 0 Å². The Balaban J connectivity index is 0.000000142. The van der Waals surface area contributed by atoms with Gasteiger partial charge in [-0.05, 0) is 184 Å². The Morgan fingerprint density at radius 3 is 0.893 bits per heavy atom. The van der Waals surface area contributed by atoms with Crippen LogP contribution in [0.2, 0.25) is 0 Å². The molecule has 0 spiro atoms. The molecule has 22 aromatic rings. The highest BCUT2D eigenvalue weighted by atomic mass is 14.9. The van der Waals surface area contributed by atoms with E-state index in [4.69, 9.17) is 19.9 Å². The highest BCUT2D eigenvalue weighted by Crippen LogP contribution is 2.63. The van der Waals surface area contributed by atoms with E-state index in [1.807, 2.05) is 36.4 Å². The number of rotatable bonds is 12. The van der Waals surface area contributed by atoms with Gasteiger partial charge in [0.25, 0.3) is 0 Å². The molecule has 2 aliphatic carbocycles. The van der Waals surface area contributed by atoms with Gasteiger partial charge in [-0.25, -0.2) is 19.9 Å². The van der Waals surface area contributed by atoms with E-state index >= 15 is 0 Å². The maximum absolute atomic E-state index is 5.33. The summed E-state index contributed by atoms with van der Waals surface area (Å²) in [4.78, 5) is 20.9. The van der Waals surface area contributed by atoms with Crippen molar-refractivity contribution in [3.05, 3.63) is 506 Å². The SMILES string of the molecule is c1ccc(-c2cc(-c3ccc4c(c3)C(c3ccccc3)(c3c5ccccc5c(-c5ccc6ccccc6c5)c5ccccc35)c3ccccc3-4)nc(-c3ccccc3)n2)cc1.c1ccc(-c2cc(-c3ccc4c(c3)C(c3ccccc3)(c3c5ccccc5c(-c5cccc6ccccc56)c5ccccc35)c3ccccc3-4)nc(-c3ccccc3)n2)cc1. The minimum absolute atomic E-state index is 0.679. The molecule has 0 saturated carbocycles. The number of fused-ring (bicyclic) bond motifs is 12. The Labute approximate surface area is 708 Å². The molecule has 2 unspecified atom stereocenters. The molecule has 0 N–H and O–H groups in total. The van der Waals surface area contributed by atoms with E-state index in [0.717, 1.165) is 56.2 Å². The molecule has 122 heavy (non-hydrogen) atoms. The maximum Gasteiger partial charge on any atom is 0.160 e. The van der Waals surface area contributed by atoms with Gasteiger partial charge in [-0.3, -0.25) is 0 Å².